The number of aldehydes is 1. The Morgan fingerprint density at radius 3 is 2.17 bits per heavy atom. The number of carbonyl (C=O) groups is 3. The zero-order valence-electron chi connectivity index (χ0n) is 42.0. The number of likely N-dealkylation sites (N-methyl/N-ethyl adjacent to an activating group) is 1. The number of para-hydroxylation sites is 2. The largest absolute Gasteiger partial charge is 0.493 e. The number of anilines is 4. The number of fused-ring (bicyclic) bond motifs is 2. The lowest BCUT2D eigenvalue weighted by Crippen LogP contribution is -2.34. The number of ether oxygens (including phenoxy) is 4. The first-order chi connectivity index (χ1) is 33.7. The van der Waals surface area contributed by atoms with Crippen LogP contribution < -0.4 is 39.0 Å². The molecule has 5 aromatic rings. The molecule has 0 saturated heterocycles. The summed E-state index contributed by atoms with van der Waals surface area (Å²) < 4.78 is 24.5. The van der Waals surface area contributed by atoms with Gasteiger partial charge in [-0.05, 0) is 110 Å². The van der Waals surface area contributed by atoms with Crippen molar-refractivity contribution in [1.29, 1.82) is 0 Å². The topological polar surface area (TPSA) is 122 Å². The lowest BCUT2D eigenvalue weighted by Gasteiger charge is -2.26. The number of benzene rings is 5. The van der Waals surface area contributed by atoms with Crippen molar-refractivity contribution in [3.8, 4) is 23.0 Å². The van der Waals surface area contributed by atoms with Gasteiger partial charge < -0.3 is 39.0 Å². The molecule has 7 rings (SSSR count). The molecule has 3 atom stereocenters. The summed E-state index contributed by atoms with van der Waals surface area (Å²) in [5.41, 5.74) is 9.49. The lowest BCUT2D eigenvalue weighted by atomic mass is 10.1. The molecule has 0 spiro atoms. The van der Waals surface area contributed by atoms with Crippen LogP contribution in [0.5, 0.6) is 23.0 Å². The van der Waals surface area contributed by atoms with Gasteiger partial charge in [0.2, 0.25) is 12.3 Å². The highest BCUT2D eigenvalue weighted by Gasteiger charge is 2.29. The molecule has 2 aliphatic heterocycles. The molecule has 70 heavy (non-hydrogen) atoms. The van der Waals surface area contributed by atoms with Gasteiger partial charge in [0.15, 0.2) is 29.3 Å². The molecule has 0 saturated carbocycles. The summed E-state index contributed by atoms with van der Waals surface area (Å²) in [5.74, 6) is 1.94. The van der Waals surface area contributed by atoms with Crippen LogP contribution in [0.25, 0.3) is 0 Å². The van der Waals surface area contributed by atoms with Gasteiger partial charge in [-0.3, -0.25) is 19.4 Å². The Morgan fingerprint density at radius 2 is 1.53 bits per heavy atom. The number of amides is 2. The molecule has 0 radical (unpaired) electrons. The second-order valence-corrected chi connectivity index (χ2v) is 22.1. The maximum Gasteiger partial charge on any atom is 0.226 e. The quantitative estimate of drug-likeness (QED) is 0.0361. The Hall–Kier alpha value is -6.12. The van der Waals surface area contributed by atoms with Gasteiger partial charge in [0.05, 0.1) is 32.0 Å². The predicted molar refractivity (Wildman–Crippen MR) is 289 cm³/mol. The van der Waals surface area contributed by atoms with Crippen molar-refractivity contribution in [2.75, 3.05) is 54.9 Å². The van der Waals surface area contributed by atoms with Crippen molar-refractivity contribution < 1.29 is 33.3 Å². The number of carbonyl (C=O) groups excluding carboxylic acids is 3. The third-order valence-electron chi connectivity index (χ3n) is 13.1. The Kier molecular flexibility index (Phi) is 17.5. The fourth-order valence-electron chi connectivity index (χ4n) is 8.93. The number of methoxy groups -OCH3 is 2. The minimum atomic E-state index is -0.217. The fourth-order valence-corrected chi connectivity index (χ4v) is 11.7. The minimum Gasteiger partial charge on any atom is -0.493 e. The van der Waals surface area contributed by atoms with E-state index in [0.29, 0.717) is 70.3 Å². The zero-order valence-corrected chi connectivity index (χ0v) is 43.6. The van der Waals surface area contributed by atoms with E-state index in [9.17, 15) is 14.4 Å². The number of aryl methyl sites for hydroxylation is 1. The molecule has 2 heterocycles. The normalized spacial score (nSPS) is 15.6. The molecular formula is C56H67N5O7S2. The number of hydrogen-bond acceptors (Lipinski definition) is 12. The first kappa shape index (κ1) is 51.7. The average Bonchev–Trinajstić information content (AvgIpc) is 3.90. The highest BCUT2D eigenvalue weighted by atomic mass is 33.1. The first-order valence-electron chi connectivity index (χ1n) is 24.0. The molecule has 0 aromatic heterocycles. The average molecular weight is 986 g/mol. The van der Waals surface area contributed by atoms with Crippen molar-refractivity contribution in [1.82, 2.24) is 0 Å². The van der Waals surface area contributed by atoms with Crippen LogP contribution in [-0.4, -0.2) is 81.8 Å². The summed E-state index contributed by atoms with van der Waals surface area (Å²) in [6.45, 7) is 11.7. The molecule has 370 valence electrons. The molecule has 2 unspecified atom stereocenters. The Morgan fingerprint density at radius 1 is 0.886 bits per heavy atom. The van der Waals surface area contributed by atoms with Crippen molar-refractivity contribution >= 4 is 74.8 Å². The van der Waals surface area contributed by atoms with E-state index in [2.05, 4.69) is 69.2 Å². The maximum atomic E-state index is 14.0. The molecule has 1 N–H and O–H groups in total. The fraction of sp³-hybridized carbons (Fsp3) is 0.393. The van der Waals surface area contributed by atoms with Gasteiger partial charge in [-0.25, -0.2) is 0 Å². The molecule has 12 nitrogen and oxygen atoms in total. The number of nitrogens with zero attached hydrogens (tertiary/aromatic N) is 4. The summed E-state index contributed by atoms with van der Waals surface area (Å²) in [6, 6.07) is 29.5. The molecular weight excluding hydrogens is 919 g/mol. The highest BCUT2D eigenvalue weighted by molar-refractivity contribution is 8.77. The summed E-state index contributed by atoms with van der Waals surface area (Å²) in [5, 5.41) is 4.07. The second kappa shape index (κ2) is 23.7. The Bertz CT molecular complexity index is 2680. The van der Waals surface area contributed by atoms with E-state index in [-0.39, 0.29) is 36.0 Å². The summed E-state index contributed by atoms with van der Waals surface area (Å²) in [6.07, 6.45) is 8.48. The van der Waals surface area contributed by atoms with Crippen LogP contribution >= 0.6 is 21.6 Å². The maximum absolute atomic E-state index is 14.0. The van der Waals surface area contributed by atoms with Crippen LogP contribution in [0.1, 0.15) is 91.6 Å². The summed E-state index contributed by atoms with van der Waals surface area (Å²) in [4.78, 5) is 49.1. The van der Waals surface area contributed by atoms with E-state index in [1.165, 1.54) is 11.3 Å². The Balaban J connectivity index is 1.12. The van der Waals surface area contributed by atoms with Gasteiger partial charge in [0, 0.05) is 90.1 Å². The van der Waals surface area contributed by atoms with Crippen LogP contribution in [0.15, 0.2) is 96.0 Å². The van der Waals surface area contributed by atoms with E-state index in [1.807, 2.05) is 102 Å². The van der Waals surface area contributed by atoms with Gasteiger partial charge in [-0.15, -0.1) is 0 Å². The van der Waals surface area contributed by atoms with Crippen LogP contribution in [0.4, 0.5) is 28.4 Å². The van der Waals surface area contributed by atoms with Crippen LogP contribution in [0, 0.1) is 6.92 Å². The molecule has 2 aliphatic rings. The summed E-state index contributed by atoms with van der Waals surface area (Å²) in [7, 11) is 10.8. The van der Waals surface area contributed by atoms with Crippen LogP contribution in [0.2, 0.25) is 0 Å². The molecule has 0 fully saturated rings. The van der Waals surface area contributed by atoms with E-state index < -0.39 is 0 Å². The number of nitrogens with one attached hydrogen (secondary N) is 1. The third-order valence-corrected chi connectivity index (χ3v) is 17.0. The van der Waals surface area contributed by atoms with Gasteiger partial charge in [-0.2, -0.15) is 0 Å². The highest BCUT2D eigenvalue weighted by Crippen LogP contribution is 2.43. The minimum absolute atomic E-state index is 0.00395. The zero-order chi connectivity index (χ0) is 50.0. The van der Waals surface area contributed by atoms with Gasteiger partial charge in [-0.1, -0.05) is 78.3 Å². The van der Waals surface area contributed by atoms with Gasteiger partial charge in [0.25, 0.3) is 0 Å². The molecule has 14 heteroatoms. The standard InChI is InChI=1S/C56H67N5O7S2/c1-10-15-38(3)69-70-56(4,5)21-20-55(64)60(7)44-24-39(34-67-53-29-47(37(2)22-51(53)65-8)57-32-46-27-42-17-12-14-19-50(42)61(46)36-63)23-40(25-44)35-68-54-30-48(43(33-62)28-52(54)66-9)58-31-45-26-41-16-11-13-18-49(41)59(45)6/h11-14,16-19,22-25,28-30,32-33,36,38,45-46,58H,10,15,20-21,26-27,31,34-35H2,1-9H3/t38?,45?,46-/m0/s1. The number of rotatable bonds is 24. The molecule has 0 aliphatic carbocycles. The van der Waals surface area contributed by atoms with Crippen molar-refractivity contribution in [3.63, 3.8) is 0 Å². The first-order valence-corrected chi connectivity index (χ1v) is 26.2. The molecule has 5 aromatic carbocycles. The molecule has 0 bridgehead atoms. The third kappa shape index (κ3) is 12.6. The van der Waals surface area contributed by atoms with Crippen molar-refractivity contribution in [3.05, 3.63) is 124 Å². The molecule has 2 amide bonds. The lowest BCUT2D eigenvalue weighted by molar-refractivity contribution is -0.118. The van der Waals surface area contributed by atoms with Crippen LogP contribution in [-0.2, 0) is 35.6 Å². The van der Waals surface area contributed by atoms with Crippen LogP contribution in [0.3, 0.4) is 0 Å². The Labute approximate surface area is 421 Å². The van der Waals surface area contributed by atoms with Crippen molar-refractivity contribution in [2.24, 2.45) is 4.99 Å². The smallest absolute Gasteiger partial charge is 0.226 e. The number of hydrogen-bond donors (Lipinski definition) is 1. The predicted octanol–water partition coefficient (Wildman–Crippen LogP) is 11.8. The second-order valence-electron chi connectivity index (χ2n) is 18.7. The monoisotopic (exact) mass is 985 g/mol. The van der Waals surface area contributed by atoms with Gasteiger partial charge >= 0.3 is 0 Å². The van der Waals surface area contributed by atoms with E-state index in [4.69, 9.17) is 23.9 Å². The van der Waals surface area contributed by atoms with E-state index in [1.54, 1.807) is 30.1 Å². The van der Waals surface area contributed by atoms with Gasteiger partial charge in [0.1, 0.15) is 13.2 Å². The van der Waals surface area contributed by atoms with E-state index >= 15 is 0 Å². The van der Waals surface area contributed by atoms with E-state index in [0.717, 1.165) is 66.3 Å². The SMILES string of the molecule is CCCC(C)SSC(C)(C)CCC(=O)N(C)c1cc(COc2cc(N=C[C@@H]3Cc4ccccc4N3C=O)c(C)cc2OC)cc(COc2cc(NCC3Cc4ccccc4N3C)c(C=O)cc2OC)c1. The summed E-state index contributed by atoms with van der Waals surface area (Å²) >= 11 is 0. The number of aliphatic imine (C=N–C) groups is 1. The van der Waals surface area contributed by atoms with Crippen molar-refractivity contribution in [2.45, 2.75) is 108 Å².